The molecule has 0 radical (unpaired) electrons. The molecule has 5 atom stereocenters. The maximum absolute atomic E-state index is 14.3. The van der Waals surface area contributed by atoms with Crippen molar-refractivity contribution in [3.05, 3.63) is 47.5 Å². The number of methoxy groups -OCH3 is 1. The quantitative estimate of drug-likeness (QED) is 0.250. The van der Waals surface area contributed by atoms with Crippen molar-refractivity contribution < 1.29 is 23.9 Å². The van der Waals surface area contributed by atoms with Gasteiger partial charge in [0.15, 0.2) is 11.6 Å². The molecule has 8 rings (SSSR count). The molecule has 0 unspecified atom stereocenters. The molecule has 3 fully saturated rings. The molecule has 3 aliphatic heterocycles. The van der Waals surface area contributed by atoms with Gasteiger partial charge >= 0.3 is 5.97 Å². The minimum atomic E-state index is -1.15. The molecule has 4 aliphatic rings. The lowest BCUT2D eigenvalue weighted by molar-refractivity contribution is -0.162. The number of rotatable bonds is 7. The maximum atomic E-state index is 14.3. The summed E-state index contributed by atoms with van der Waals surface area (Å²) < 4.78 is 16.3. The minimum absolute atomic E-state index is 0.0913. The number of nitrogens with one attached hydrogen (secondary N) is 2. The first kappa shape index (κ1) is 41.9. The van der Waals surface area contributed by atoms with Gasteiger partial charge in [0.1, 0.15) is 11.6 Å². The molecule has 2 amide bonds. The van der Waals surface area contributed by atoms with Gasteiger partial charge in [0.2, 0.25) is 5.91 Å². The van der Waals surface area contributed by atoms with E-state index < -0.39 is 23.0 Å². The Morgan fingerprint density at radius 3 is 2.55 bits per heavy atom. The first-order valence-corrected chi connectivity index (χ1v) is 21.7. The van der Waals surface area contributed by atoms with E-state index in [-0.39, 0.29) is 42.8 Å². The number of aromatic nitrogens is 5. The van der Waals surface area contributed by atoms with Crippen molar-refractivity contribution in [1.29, 1.82) is 0 Å². The van der Waals surface area contributed by atoms with Gasteiger partial charge in [-0.05, 0) is 89.2 Å². The number of pyridine rings is 1. The van der Waals surface area contributed by atoms with Gasteiger partial charge < -0.3 is 29.2 Å². The fraction of sp³-hybridized carbons (Fsp3) is 0.600. The third kappa shape index (κ3) is 8.03. The number of fused-ring (bicyclic) bond motifs is 6. The monoisotopic (exact) mass is 822 g/mol. The van der Waals surface area contributed by atoms with Gasteiger partial charge in [-0.15, -0.1) is 0 Å². The molecule has 2 saturated heterocycles. The molecule has 1 saturated carbocycles. The van der Waals surface area contributed by atoms with Crippen LogP contribution in [-0.4, -0.2) is 117 Å². The molecule has 6 bridgehead atoms. The highest BCUT2D eigenvalue weighted by Gasteiger charge is 2.45. The number of anilines is 1. The van der Waals surface area contributed by atoms with Crippen molar-refractivity contribution in [1.82, 2.24) is 45.0 Å². The van der Waals surface area contributed by atoms with Crippen molar-refractivity contribution in [2.45, 2.75) is 97.9 Å². The average Bonchev–Trinajstić information content (AvgIpc) is 3.75. The van der Waals surface area contributed by atoms with Crippen LogP contribution in [0.1, 0.15) is 84.0 Å². The Balaban J connectivity index is 1.29. The van der Waals surface area contributed by atoms with Crippen LogP contribution in [0.5, 0.6) is 0 Å². The second kappa shape index (κ2) is 16.2. The summed E-state index contributed by atoms with van der Waals surface area (Å²) in [6.45, 7) is 17.3. The lowest BCUT2D eigenvalue weighted by atomic mass is 9.84. The summed E-state index contributed by atoms with van der Waals surface area (Å²) in [5, 5.41) is 10.4. The number of hydrazine groups is 1. The molecule has 4 aromatic rings. The molecule has 15 nitrogen and oxygen atoms in total. The second-order valence-corrected chi connectivity index (χ2v) is 18.6. The number of amides is 2. The molecule has 1 aromatic carbocycles. The van der Waals surface area contributed by atoms with Crippen LogP contribution in [0.4, 0.5) is 5.69 Å². The standard InChI is InChI=1S/C45H62N10O5/c1-10-54-36-13-12-29-21-32(36)34(39(54)33-22-30(25-46-38(33)28(3)59-9)53-18-16-51(7)17-19-53)24-44(4,5)26-60-43(58)45(6)14-11-15-55(50-45)42(57)35(47-41(56)31-20-27(31)2)23-37-48-40(29)52(8)49-37/h12-13,21-22,25,27-28,31,35,50H,10-11,14-20,23-24,26H2,1-9H3,(H,47,56)/t27-,28-,31-,35-,45+/m0/s1. The third-order valence-corrected chi connectivity index (χ3v) is 13.2. The Hall–Kier alpha value is -4.86. The molecule has 15 heteroatoms. The van der Waals surface area contributed by atoms with E-state index in [0.29, 0.717) is 44.0 Å². The van der Waals surface area contributed by atoms with Crippen LogP contribution in [0.15, 0.2) is 30.5 Å². The smallest absolute Gasteiger partial charge is 0.327 e. The number of likely N-dealkylation sites (N-methyl/N-ethyl adjacent to an activating group) is 1. The molecule has 6 heterocycles. The maximum Gasteiger partial charge on any atom is 0.327 e. The highest BCUT2D eigenvalue weighted by atomic mass is 16.5. The van der Waals surface area contributed by atoms with E-state index in [9.17, 15) is 14.4 Å². The molecule has 1 aliphatic carbocycles. The summed E-state index contributed by atoms with van der Waals surface area (Å²) in [6.07, 6.45) is 4.26. The van der Waals surface area contributed by atoms with Crippen LogP contribution in [0.3, 0.4) is 0 Å². The number of hydrogen-bond acceptors (Lipinski definition) is 11. The lowest BCUT2D eigenvalue weighted by Gasteiger charge is -2.41. The van der Waals surface area contributed by atoms with Gasteiger partial charge in [0.25, 0.3) is 5.91 Å². The highest BCUT2D eigenvalue weighted by molar-refractivity contribution is 5.95. The van der Waals surface area contributed by atoms with Crippen molar-refractivity contribution in [3.8, 4) is 22.6 Å². The SMILES string of the molecule is CCn1c(-c2cc(N3CCN(C)CC3)cnc2[C@H](C)OC)c2c3cc(ccc31)-c1nc(nn1C)C[C@H](NC(=O)[C@H]1C[C@@H]1C)C(=O)N1CCC[C@@](C)(N1)C(=O)OCC(C)(C)C2. The topological polar surface area (TPSA) is 152 Å². The number of benzene rings is 1. The number of piperazine rings is 1. The Morgan fingerprint density at radius 1 is 1.10 bits per heavy atom. The number of cyclic esters (lactones) is 1. The van der Waals surface area contributed by atoms with Crippen molar-refractivity contribution in [3.63, 3.8) is 0 Å². The molecule has 322 valence electrons. The number of esters is 1. The zero-order chi connectivity index (χ0) is 42.7. The minimum Gasteiger partial charge on any atom is -0.464 e. The molecule has 3 aromatic heterocycles. The van der Waals surface area contributed by atoms with E-state index >= 15 is 0 Å². The Kier molecular flexibility index (Phi) is 11.3. The Labute approximate surface area is 353 Å². The first-order chi connectivity index (χ1) is 28.6. The van der Waals surface area contributed by atoms with Crippen LogP contribution in [-0.2, 0) is 50.3 Å². The normalized spacial score (nSPS) is 25.5. The predicted octanol–water partition coefficient (Wildman–Crippen LogP) is 4.67. The number of nitrogens with zero attached hydrogens (tertiary/aromatic N) is 8. The number of carbonyl (C=O) groups excluding carboxylic acids is 3. The molecular formula is C45H62N10O5. The summed E-state index contributed by atoms with van der Waals surface area (Å²) in [4.78, 5) is 56.7. The average molecular weight is 823 g/mol. The van der Waals surface area contributed by atoms with Crippen molar-refractivity contribution in [2.75, 3.05) is 58.4 Å². The van der Waals surface area contributed by atoms with Crippen LogP contribution in [0.25, 0.3) is 33.5 Å². The predicted molar refractivity (Wildman–Crippen MR) is 230 cm³/mol. The van der Waals surface area contributed by atoms with E-state index in [1.54, 1.807) is 18.7 Å². The van der Waals surface area contributed by atoms with Gasteiger partial charge in [-0.3, -0.25) is 19.6 Å². The van der Waals surface area contributed by atoms with E-state index in [4.69, 9.17) is 24.5 Å². The van der Waals surface area contributed by atoms with Crippen LogP contribution < -0.4 is 15.6 Å². The number of aryl methyl sites for hydroxylation is 2. The van der Waals surface area contributed by atoms with E-state index in [1.807, 2.05) is 27.1 Å². The number of carbonyl (C=O) groups is 3. The zero-order valence-corrected chi connectivity index (χ0v) is 36.8. The number of ether oxygens (including phenoxy) is 2. The summed E-state index contributed by atoms with van der Waals surface area (Å²) in [7, 11) is 5.74. The Bertz CT molecular complexity index is 2290. The largest absolute Gasteiger partial charge is 0.464 e. The highest BCUT2D eigenvalue weighted by Crippen LogP contribution is 2.43. The summed E-state index contributed by atoms with van der Waals surface area (Å²) in [5.41, 5.74) is 8.66. The Morgan fingerprint density at radius 2 is 1.85 bits per heavy atom. The van der Waals surface area contributed by atoms with Gasteiger partial charge in [-0.1, -0.05) is 20.8 Å². The molecule has 2 N–H and O–H groups in total. The van der Waals surface area contributed by atoms with Crippen molar-refractivity contribution >= 4 is 34.4 Å². The van der Waals surface area contributed by atoms with E-state index in [0.717, 1.165) is 77.3 Å². The van der Waals surface area contributed by atoms with E-state index in [1.165, 1.54) is 5.01 Å². The van der Waals surface area contributed by atoms with Crippen molar-refractivity contribution in [2.24, 2.45) is 24.3 Å². The fourth-order valence-corrected chi connectivity index (χ4v) is 9.28. The second-order valence-electron chi connectivity index (χ2n) is 18.6. The van der Waals surface area contributed by atoms with Gasteiger partial charge in [-0.2, -0.15) is 5.10 Å². The molecule has 0 spiro atoms. The number of hydrogen-bond donors (Lipinski definition) is 2. The van der Waals surface area contributed by atoms with Crippen LogP contribution in [0, 0.1) is 17.3 Å². The van der Waals surface area contributed by atoms with E-state index in [2.05, 4.69) is 77.2 Å². The molecule has 60 heavy (non-hydrogen) atoms. The zero-order valence-electron chi connectivity index (χ0n) is 36.8. The lowest BCUT2D eigenvalue weighted by Crippen LogP contribution is -2.65. The van der Waals surface area contributed by atoms with Gasteiger partial charge in [0.05, 0.1) is 36.0 Å². The third-order valence-electron chi connectivity index (χ3n) is 13.2. The van der Waals surface area contributed by atoms with Gasteiger partial charge in [-0.25, -0.2) is 19.9 Å². The summed E-state index contributed by atoms with van der Waals surface area (Å²) in [6, 6.07) is 7.78. The van der Waals surface area contributed by atoms with Crippen LogP contribution >= 0.6 is 0 Å². The summed E-state index contributed by atoms with van der Waals surface area (Å²) >= 11 is 0. The van der Waals surface area contributed by atoms with Crippen LogP contribution in [0.2, 0.25) is 0 Å². The molecular weight excluding hydrogens is 761 g/mol. The summed E-state index contributed by atoms with van der Waals surface area (Å²) in [5.74, 6) is 0.327. The first-order valence-electron chi connectivity index (χ1n) is 21.7. The fourth-order valence-electron chi connectivity index (χ4n) is 9.28. The van der Waals surface area contributed by atoms with Gasteiger partial charge in [0, 0.05) is 93.2 Å².